The number of rotatable bonds is 3. The molecular formula is C12H8BrF3N2O2. The second kappa shape index (κ2) is 5.58. The first-order valence-electron chi connectivity index (χ1n) is 5.29. The van der Waals surface area contributed by atoms with Gasteiger partial charge in [0.2, 0.25) is 5.88 Å². The minimum atomic E-state index is -4.80. The normalized spacial score (nSPS) is 11.2. The summed E-state index contributed by atoms with van der Waals surface area (Å²) in [5.41, 5.74) is 5.91. The Balaban J connectivity index is 2.29. The Kier molecular flexibility index (Phi) is 4.03. The third kappa shape index (κ3) is 3.77. The van der Waals surface area contributed by atoms with Crippen molar-refractivity contribution in [1.82, 2.24) is 4.98 Å². The predicted octanol–water partition coefficient (Wildman–Crippen LogP) is 4.12. The molecule has 0 fully saturated rings. The second-order valence-corrected chi connectivity index (χ2v) is 4.51. The molecule has 0 radical (unpaired) electrons. The highest BCUT2D eigenvalue weighted by Crippen LogP contribution is 2.36. The van der Waals surface area contributed by atoms with Gasteiger partial charge in [-0.25, -0.2) is 4.98 Å². The minimum Gasteiger partial charge on any atom is -0.434 e. The van der Waals surface area contributed by atoms with E-state index in [1.54, 1.807) is 0 Å². The number of alkyl halides is 3. The van der Waals surface area contributed by atoms with Crippen molar-refractivity contribution < 1.29 is 22.6 Å². The van der Waals surface area contributed by atoms with E-state index in [0.29, 0.717) is 10.2 Å². The van der Waals surface area contributed by atoms with Gasteiger partial charge in [0.1, 0.15) is 0 Å². The van der Waals surface area contributed by atoms with Crippen LogP contribution in [0.2, 0.25) is 0 Å². The highest BCUT2D eigenvalue weighted by atomic mass is 79.9. The number of benzene rings is 1. The number of ether oxygens (including phenoxy) is 2. The third-order valence-electron chi connectivity index (χ3n) is 2.11. The summed E-state index contributed by atoms with van der Waals surface area (Å²) >= 11 is 3.16. The van der Waals surface area contributed by atoms with Crippen LogP contribution in [-0.2, 0) is 0 Å². The minimum absolute atomic E-state index is 0.0809. The number of nitrogens with two attached hydrogens (primary N) is 1. The molecule has 2 rings (SSSR count). The lowest BCUT2D eigenvalue weighted by atomic mass is 10.3. The van der Waals surface area contributed by atoms with Crippen molar-refractivity contribution in [2.45, 2.75) is 6.36 Å². The van der Waals surface area contributed by atoms with E-state index in [1.807, 2.05) is 0 Å². The van der Waals surface area contributed by atoms with Crippen molar-refractivity contribution in [3.05, 3.63) is 41.0 Å². The van der Waals surface area contributed by atoms with E-state index < -0.39 is 12.1 Å². The fourth-order valence-corrected chi connectivity index (χ4v) is 1.81. The van der Waals surface area contributed by atoms with Gasteiger partial charge in [0.05, 0.1) is 16.4 Å². The summed E-state index contributed by atoms with van der Waals surface area (Å²) in [4.78, 5) is 3.88. The molecule has 4 nitrogen and oxygen atoms in total. The van der Waals surface area contributed by atoms with Crippen LogP contribution in [0, 0.1) is 0 Å². The molecule has 2 aromatic rings. The number of aromatic nitrogens is 1. The van der Waals surface area contributed by atoms with E-state index in [0.717, 1.165) is 6.07 Å². The van der Waals surface area contributed by atoms with Crippen LogP contribution >= 0.6 is 15.9 Å². The summed E-state index contributed by atoms with van der Waals surface area (Å²) < 4.78 is 46.4. The van der Waals surface area contributed by atoms with Gasteiger partial charge < -0.3 is 15.2 Å². The van der Waals surface area contributed by atoms with Crippen molar-refractivity contribution in [1.29, 1.82) is 0 Å². The summed E-state index contributed by atoms with van der Waals surface area (Å²) in [5, 5.41) is 0. The zero-order valence-electron chi connectivity index (χ0n) is 9.82. The number of nitrogens with zero attached hydrogens (tertiary/aromatic N) is 1. The van der Waals surface area contributed by atoms with Gasteiger partial charge in [0.15, 0.2) is 11.5 Å². The lowest BCUT2D eigenvalue weighted by Crippen LogP contribution is -2.17. The van der Waals surface area contributed by atoms with Crippen LogP contribution in [0.4, 0.5) is 18.9 Å². The van der Waals surface area contributed by atoms with E-state index >= 15 is 0 Å². The number of hydrogen-bond acceptors (Lipinski definition) is 4. The molecule has 0 spiro atoms. The molecule has 0 aliphatic carbocycles. The summed E-state index contributed by atoms with van der Waals surface area (Å²) in [5.74, 6) is -0.481. The Hall–Kier alpha value is -1.96. The Morgan fingerprint density at radius 3 is 2.40 bits per heavy atom. The average molecular weight is 349 g/mol. The van der Waals surface area contributed by atoms with Gasteiger partial charge >= 0.3 is 6.36 Å². The monoisotopic (exact) mass is 348 g/mol. The maximum Gasteiger partial charge on any atom is 0.573 e. The Bertz CT molecular complexity index is 620. The summed E-state index contributed by atoms with van der Waals surface area (Å²) in [6.45, 7) is 0. The predicted molar refractivity (Wildman–Crippen MR) is 69.5 cm³/mol. The highest BCUT2D eigenvalue weighted by Gasteiger charge is 2.32. The fourth-order valence-electron chi connectivity index (χ4n) is 1.36. The molecular weight excluding hydrogens is 341 g/mol. The molecule has 0 aliphatic rings. The molecule has 2 N–H and O–H groups in total. The van der Waals surface area contributed by atoms with E-state index in [9.17, 15) is 13.2 Å². The lowest BCUT2D eigenvalue weighted by molar-refractivity contribution is -0.275. The molecule has 1 aromatic heterocycles. The Morgan fingerprint density at radius 1 is 1.15 bits per heavy atom. The maximum absolute atomic E-state index is 12.3. The van der Waals surface area contributed by atoms with Gasteiger partial charge in [-0.3, -0.25) is 0 Å². The van der Waals surface area contributed by atoms with E-state index in [-0.39, 0.29) is 11.6 Å². The first kappa shape index (κ1) is 14.4. The number of anilines is 1. The molecule has 0 saturated carbocycles. The molecule has 20 heavy (non-hydrogen) atoms. The maximum atomic E-state index is 12.3. The molecule has 8 heteroatoms. The molecule has 0 amide bonds. The van der Waals surface area contributed by atoms with Crippen LogP contribution in [0.25, 0.3) is 0 Å². The third-order valence-corrected chi connectivity index (χ3v) is 2.68. The van der Waals surface area contributed by atoms with Crippen LogP contribution in [0.15, 0.2) is 41.0 Å². The van der Waals surface area contributed by atoms with Gasteiger partial charge in [0.25, 0.3) is 0 Å². The molecule has 0 unspecified atom stereocenters. The molecule has 1 aromatic carbocycles. The molecule has 106 valence electrons. The fraction of sp³-hybridized carbons (Fsp3) is 0.0833. The van der Waals surface area contributed by atoms with Crippen molar-refractivity contribution in [3.63, 3.8) is 0 Å². The van der Waals surface area contributed by atoms with Crippen LogP contribution in [0.1, 0.15) is 0 Å². The first-order chi connectivity index (χ1) is 9.35. The Morgan fingerprint density at radius 2 is 1.80 bits per heavy atom. The summed E-state index contributed by atoms with van der Waals surface area (Å²) in [6, 6.07) is 6.93. The van der Waals surface area contributed by atoms with Crippen LogP contribution < -0.4 is 15.2 Å². The molecule has 0 aliphatic heterocycles. The molecule has 0 atom stereocenters. The number of para-hydroxylation sites is 2. The number of halogens is 4. The number of nitrogen functional groups attached to an aromatic ring is 1. The smallest absolute Gasteiger partial charge is 0.434 e. The number of hydrogen-bond donors (Lipinski definition) is 1. The molecule has 0 bridgehead atoms. The van der Waals surface area contributed by atoms with Crippen molar-refractivity contribution in [2.75, 3.05) is 5.73 Å². The van der Waals surface area contributed by atoms with E-state index in [4.69, 9.17) is 10.5 Å². The van der Waals surface area contributed by atoms with E-state index in [2.05, 4.69) is 25.7 Å². The number of pyridine rings is 1. The molecule has 1 heterocycles. The lowest BCUT2D eigenvalue weighted by Gasteiger charge is -2.13. The SMILES string of the molecule is Nc1cnc(Oc2ccccc2OC(F)(F)F)c(Br)c1. The quantitative estimate of drug-likeness (QED) is 0.906. The topological polar surface area (TPSA) is 57.4 Å². The zero-order chi connectivity index (χ0) is 14.8. The Labute approximate surface area is 120 Å². The van der Waals surface area contributed by atoms with Crippen LogP contribution in [0.3, 0.4) is 0 Å². The average Bonchev–Trinajstić information content (AvgIpc) is 2.33. The van der Waals surface area contributed by atoms with Gasteiger partial charge in [-0.2, -0.15) is 0 Å². The van der Waals surface area contributed by atoms with Crippen molar-refractivity contribution in [2.24, 2.45) is 0 Å². The van der Waals surface area contributed by atoms with Gasteiger partial charge in [-0.1, -0.05) is 12.1 Å². The second-order valence-electron chi connectivity index (χ2n) is 3.65. The molecule has 0 saturated heterocycles. The van der Waals surface area contributed by atoms with E-state index in [1.165, 1.54) is 30.5 Å². The van der Waals surface area contributed by atoms with Crippen molar-refractivity contribution >= 4 is 21.6 Å². The highest BCUT2D eigenvalue weighted by molar-refractivity contribution is 9.10. The first-order valence-corrected chi connectivity index (χ1v) is 6.08. The standard InChI is InChI=1S/C12H8BrF3N2O2/c13-8-5-7(17)6-18-11(8)19-9-3-1-2-4-10(9)20-12(14,15)16/h1-6H,17H2. The summed E-state index contributed by atoms with van der Waals surface area (Å²) in [7, 11) is 0. The zero-order valence-corrected chi connectivity index (χ0v) is 11.4. The van der Waals surface area contributed by atoms with Crippen molar-refractivity contribution in [3.8, 4) is 17.4 Å². The van der Waals surface area contributed by atoms with Gasteiger partial charge in [-0.15, -0.1) is 13.2 Å². The van der Waals surface area contributed by atoms with Crippen LogP contribution in [0.5, 0.6) is 17.4 Å². The van der Waals surface area contributed by atoms with Gasteiger partial charge in [-0.05, 0) is 34.1 Å². The van der Waals surface area contributed by atoms with Crippen LogP contribution in [-0.4, -0.2) is 11.3 Å². The van der Waals surface area contributed by atoms with Gasteiger partial charge in [0, 0.05) is 0 Å². The largest absolute Gasteiger partial charge is 0.573 e. The summed E-state index contributed by atoms with van der Waals surface area (Å²) in [6.07, 6.45) is -3.47.